The first-order valence-corrected chi connectivity index (χ1v) is 7.38. The van der Waals surface area contributed by atoms with Crippen molar-refractivity contribution in [2.24, 2.45) is 5.73 Å². The lowest BCUT2D eigenvalue weighted by Crippen LogP contribution is -2.11. The highest BCUT2D eigenvalue weighted by Gasteiger charge is 2.02. The molecule has 0 bridgehead atoms. The van der Waals surface area contributed by atoms with Crippen molar-refractivity contribution in [2.45, 2.75) is 0 Å². The zero-order chi connectivity index (χ0) is 15.2. The molecule has 0 heterocycles. The molecule has 0 aliphatic rings. The summed E-state index contributed by atoms with van der Waals surface area (Å²) in [6.45, 7) is 0.823. The predicted octanol–water partition coefficient (Wildman–Crippen LogP) is 3.84. The summed E-state index contributed by atoms with van der Waals surface area (Å²) in [5.41, 5.74) is 6.05. The molecule has 3 N–H and O–H groups in total. The molecule has 2 rings (SSSR count). The molecule has 0 fully saturated rings. The lowest BCUT2D eigenvalue weighted by molar-refractivity contribution is 0.216. The summed E-state index contributed by atoms with van der Waals surface area (Å²) in [7, 11) is 0. The molecule has 6 heteroatoms. The highest BCUT2D eigenvalue weighted by atomic mass is 79.9. The molecular weight excluding hydrogens is 356 g/mol. The van der Waals surface area contributed by atoms with Crippen LogP contribution in [0.5, 0.6) is 11.5 Å². The molecule has 2 aromatic carbocycles. The third-order valence-corrected chi connectivity index (χ3v) is 3.52. The molecule has 0 radical (unpaired) electrons. The van der Waals surface area contributed by atoms with Crippen molar-refractivity contribution < 1.29 is 9.47 Å². The maximum absolute atomic E-state index is 7.31. The summed E-state index contributed by atoms with van der Waals surface area (Å²) in [4.78, 5) is 0. The average molecular weight is 370 g/mol. The van der Waals surface area contributed by atoms with E-state index in [-0.39, 0.29) is 5.84 Å². The molecule has 0 saturated heterocycles. The van der Waals surface area contributed by atoms with Gasteiger partial charge in [-0.2, -0.15) is 0 Å². The quantitative estimate of drug-likeness (QED) is 0.462. The van der Waals surface area contributed by atoms with Crippen LogP contribution in [0.15, 0.2) is 46.9 Å². The molecule has 0 unspecified atom stereocenters. The molecule has 0 aliphatic carbocycles. The van der Waals surface area contributed by atoms with Crippen LogP contribution in [0.2, 0.25) is 5.02 Å². The molecule has 0 atom stereocenters. The predicted molar refractivity (Wildman–Crippen MR) is 87.6 cm³/mol. The van der Waals surface area contributed by atoms with Crippen LogP contribution in [-0.4, -0.2) is 19.0 Å². The fraction of sp³-hybridized carbons (Fsp3) is 0.133. The summed E-state index contributed by atoms with van der Waals surface area (Å²) >= 11 is 9.24. The monoisotopic (exact) mass is 368 g/mol. The first-order valence-electron chi connectivity index (χ1n) is 6.21. The van der Waals surface area contributed by atoms with Crippen LogP contribution >= 0.6 is 27.5 Å². The van der Waals surface area contributed by atoms with Gasteiger partial charge in [0.2, 0.25) is 0 Å². The van der Waals surface area contributed by atoms with Gasteiger partial charge in [0, 0.05) is 10.6 Å². The van der Waals surface area contributed by atoms with Crippen molar-refractivity contribution in [3.8, 4) is 11.5 Å². The van der Waals surface area contributed by atoms with E-state index in [4.69, 9.17) is 32.2 Å². The maximum Gasteiger partial charge on any atom is 0.133 e. The minimum Gasteiger partial charge on any atom is -0.490 e. The largest absolute Gasteiger partial charge is 0.490 e. The maximum atomic E-state index is 7.31. The average Bonchev–Trinajstić information content (AvgIpc) is 2.46. The number of nitrogens with one attached hydrogen (secondary N) is 1. The van der Waals surface area contributed by atoms with Crippen molar-refractivity contribution in [3.63, 3.8) is 0 Å². The van der Waals surface area contributed by atoms with E-state index in [9.17, 15) is 0 Å². The number of hydrogen-bond acceptors (Lipinski definition) is 3. The van der Waals surface area contributed by atoms with Gasteiger partial charge < -0.3 is 15.2 Å². The van der Waals surface area contributed by atoms with Gasteiger partial charge in [-0.3, -0.25) is 5.41 Å². The van der Waals surface area contributed by atoms with Crippen LogP contribution in [-0.2, 0) is 0 Å². The smallest absolute Gasteiger partial charge is 0.133 e. The third-order valence-electron chi connectivity index (χ3n) is 2.67. The number of rotatable bonds is 6. The van der Waals surface area contributed by atoms with Gasteiger partial charge in [-0.05, 0) is 58.4 Å². The van der Waals surface area contributed by atoms with E-state index >= 15 is 0 Å². The fourth-order valence-corrected chi connectivity index (χ4v) is 2.43. The molecule has 0 aromatic heterocycles. The second kappa shape index (κ2) is 7.33. The van der Waals surface area contributed by atoms with Crippen molar-refractivity contribution in [3.05, 3.63) is 57.5 Å². The standard InChI is InChI=1S/C15H14BrClN2O2/c16-13-9-11(17)3-6-14(13)21-8-7-20-12-4-1-10(2-5-12)15(18)19/h1-6,9H,7-8H2,(H3,18,19). The molecule has 0 amide bonds. The Kier molecular flexibility index (Phi) is 5.47. The van der Waals surface area contributed by atoms with Crippen LogP contribution in [0.3, 0.4) is 0 Å². The van der Waals surface area contributed by atoms with E-state index in [2.05, 4.69) is 15.9 Å². The summed E-state index contributed by atoms with van der Waals surface area (Å²) in [5.74, 6) is 1.46. The van der Waals surface area contributed by atoms with Gasteiger partial charge in [0.05, 0.1) is 4.47 Å². The Morgan fingerprint density at radius 3 is 2.38 bits per heavy atom. The topological polar surface area (TPSA) is 68.3 Å². The van der Waals surface area contributed by atoms with E-state index in [0.717, 1.165) is 10.2 Å². The molecule has 0 saturated carbocycles. The van der Waals surface area contributed by atoms with Crippen LogP contribution in [0.25, 0.3) is 0 Å². The Hall–Kier alpha value is -1.72. The zero-order valence-corrected chi connectivity index (χ0v) is 13.4. The van der Waals surface area contributed by atoms with E-state index in [0.29, 0.717) is 29.5 Å². The first-order chi connectivity index (χ1) is 10.1. The van der Waals surface area contributed by atoms with Gasteiger partial charge in [0.1, 0.15) is 30.5 Å². The van der Waals surface area contributed by atoms with Crippen LogP contribution < -0.4 is 15.2 Å². The SMILES string of the molecule is N=C(N)c1ccc(OCCOc2ccc(Cl)cc2Br)cc1. The van der Waals surface area contributed by atoms with Gasteiger partial charge in [0.15, 0.2) is 0 Å². The van der Waals surface area contributed by atoms with E-state index < -0.39 is 0 Å². The summed E-state index contributed by atoms with van der Waals surface area (Å²) in [5, 5.41) is 7.96. The molecule has 0 spiro atoms. The molecule has 0 aliphatic heterocycles. The van der Waals surface area contributed by atoms with Gasteiger partial charge in [0.25, 0.3) is 0 Å². The number of benzene rings is 2. The molecule has 110 valence electrons. The minimum atomic E-state index is 0.0393. The Labute approximate surface area is 136 Å². The highest BCUT2D eigenvalue weighted by Crippen LogP contribution is 2.27. The fourth-order valence-electron chi connectivity index (χ4n) is 1.63. The van der Waals surface area contributed by atoms with Crippen LogP contribution in [0.4, 0.5) is 0 Å². The molecule has 21 heavy (non-hydrogen) atoms. The Morgan fingerprint density at radius 2 is 1.76 bits per heavy atom. The van der Waals surface area contributed by atoms with E-state index in [1.807, 2.05) is 0 Å². The number of nitrogens with two attached hydrogens (primary N) is 1. The number of hydrogen-bond donors (Lipinski definition) is 2. The van der Waals surface area contributed by atoms with E-state index in [1.54, 1.807) is 42.5 Å². The molecular formula is C15H14BrClN2O2. The third kappa shape index (κ3) is 4.65. The second-order valence-corrected chi connectivity index (χ2v) is 5.50. The van der Waals surface area contributed by atoms with E-state index in [1.165, 1.54) is 0 Å². The summed E-state index contributed by atoms with van der Waals surface area (Å²) < 4.78 is 11.9. The number of nitrogen functional groups attached to an aromatic ring is 1. The van der Waals surface area contributed by atoms with Crippen LogP contribution in [0, 0.1) is 5.41 Å². The van der Waals surface area contributed by atoms with Crippen molar-refractivity contribution >= 4 is 33.4 Å². The molecule has 4 nitrogen and oxygen atoms in total. The summed E-state index contributed by atoms with van der Waals surface area (Å²) in [6.07, 6.45) is 0. The van der Waals surface area contributed by atoms with Crippen molar-refractivity contribution in [1.29, 1.82) is 5.41 Å². The van der Waals surface area contributed by atoms with Gasteiger partial charge >= 0.3 is 0 Å². The van der Waals surface area contributed by atoms with Crippen molar-refractivity contribution in [2.75, 3.05) is 13.2 Å². The Balaban J connectivity index is 1.80. The summed E-state index contributed by atoms with van der Waals surface area (Å²) in [6, 6.07) is 12.4. The molecule has 2 aromatic rings. The number of ether oxygens (including phenoxy) is 2. The van der Waals surface area contributed by atoms with Gasteiger partial charge in [-0.1, -0.05) is 11.6 Å². The Morgan fingerprint density at radius 1 is 1.10 bits per heavy atom. The zero-order valence-electron chi connectivity index (χ0n) is 11.1. The van der Waals surface area contributed by atoms with Gasteiger partial charge in [-0.25, -0.2) is 0 Å². The second-order valence-electron chi connectivity index (χ2n) is 4.21. The number of amidine groups is 1. The number of halogens is 2. The first kappa shape index (κ1) is 15.7. The van der Waals surface area contributed by atoms with Gasteiger partial charge in [-0.15, -0.1) is 0 Å². The minimum absolute atomic E-state index is 0.0393. The van der Waals surface area contributed by atoms with Crippen LogP contribution in [0.1, 0.15) is 5.56 Å². The lowest BCUT2D eigenvalue weighted by Gasteiger charge is -2.10. The lowest BCUT2D eigenvalue weighted by atomic mass is 10.2. The van der Waals surface area contributed by atoms with Crippen molar-refractivity contribution in [1.82, 2.24) is 0 Å². The normalized spacial score (nSPS) is 10.2. The Bertz CT molecular complexity index is 632. The highest BCUT2D eigenvalue weighted by molar-refractivity contribution is 9.10.